The molecule has 0 fully saturated rings. The molecule has 0 aliphatic heterocycles. The van der Waals surface area contributed by atoms with Gasteiger partial charge < -0.3 is 0 Å². The van der Waals surface area contributed by atoms with Gasteiger partial charge in [-0.1, -0.05) is 13.8 Å². The van der Waals surface area contributed by atoms with Crippen LogP contribution in [-0.4, -0.2) is 19.8 Å². The van der Waals surface area contributed by atoms with Crippen molar-refractivity contribution in [3.8, 4) is 0 Å². The van der Waals surface area contributed by atoms with Crippen LogP contribution in [0.1, 0.15) is 33.1 Å². The fourth-order valence-corrected chi connectivity index (χ4v) is 2.52. The minimum atomic E-state index is -0.824. The Bertz CT molecular complexity index is 608. The summed E-state index contributed by atoms with van der Waals surface area (Å²) in [5.74, 6) is 1.03. The van der Waals surface area contributed by atoms with Crippen LogP contribution in [0, 0.1) is 16.0 Å². The molecule has 0 amide bonds. The van der Waals surface area contributed by atoms with Gasteiger partial charge in [0.15, 0.2) is 0 Å². The van der Waals surface area contributed by atoms with E-state index in [4.69, 9.17) is 0 Å². The fourth-order valence-electron chi connectivity index (χ4n) is 2.08. The normalized spacial score (nSPS) is 12.3. The first-order valence-electron chi connectivity index (χ1n) is 7.01. The van der Waals surface area contributed by atoms with Crippen molar-refractivity contribution in [3.63, 3.8) is 0 Å². The third-order valence-electron chi connectivity index (χ3n) is 3.35. The number of thiol groups is 1. The highest BCUT2D eigenvalue weighted by molar-refractivity contribution is 7.80. The molecule has 0 saturated carbocycles. The van der Waals surface area contributed by atoms with Gasteiger partial charge in [-0.2, -0.15) is 12.6 Å². The average molecular weight is 315 g/mol. The maximum atomic E-state index is 12.2. The van der Waals surface area contributed by atoms with E-state index in [1.165, 1.54) is 4.57 Å². The van der Waals surface area contributed by atoms with Crippen LogP contribution in [0.5, 0.6) is 0 Å². The third kappa shape index (κ3) is 4.45. The van der Waals surface area contributed by atoms with Gasteiger partial charge in [-0.3, -0.25) is 24.0 Å². The lowest BCUT2D eigenvalue weighted by Gasteiger charge is -2.12. The van der Waals surface area contributed by atoms with Gasteiger partial charge in [0.2, 0.25) is 0 Å². The zero-order valence-electron chi connectivity index (χ0n) is 12.3. The number of rotatable bonds is 8. The van der Waals surface area contributed by atoms with Crippen LogP contribution >= 0.6 is 12.6 Å². The first kappa shape index (κ1) is 17.5. The van der Waals surface area contributed by atoms with E-state index >= 15 is 0 Å². The second-order valence-corrected chi connectivity index (χ2v) is 5.56. The zero-order valence-corrected chi connectivity index (χ0v) is 13.2. The summed E-state index contributed by atoms with van der Waals surface area (Å²) in [4.78, 5) is 34.5. The molecule has 1 unspecified atom stereocenters. The Hall–Kier alpha value is -1.57. The molecule has 1 aromatic rings. The van der Waals surface area contributed by atoms with Crippen molar-refractivity contribution in [3.05, 3.63) is 37.1 Å². The van der Waals surface area contributed by atoms with Crippen molar-refractivity contribution < 1.29 is 4.92 Å². The summed E-state index contributed by atoms with van der Waals surface area (Å²) in [6.45, 7) is 4.41. The highest BCUT2D eigenvalue weighted by Gasteiger charge is 2.19. The van der Waals surface area contributed by atoms with Gasteiger partial charge >= 0.3 is 16.9 Å². The molecule has 1 rings (SSSR count). The van der Waals surface area contributed by atoms with E-state index < -0.39 is 21.9 Å². The average Bonchev–Trinajstić information content (AvgIpc) is 2.41. The maximum Gasteiger partial charge on any atom is 0.350 e. The van der Waals surface area contributed by atoms with Gasteiger partial charge in [0.1, 0.15) is 0 Å². The van der Waals surface area contributed by atoms with Crippen LogP contribution in [0.4, 0.5) is 5.69 Å². The van der Waals surface area contributed by atoms with Crippen LogP contribution < -0.4 is 11.2 Å². The van der Waals surface area contributed by atoms with Crippen molar-refractivity contribution in [2.75, 3.05) is 5.75 Å². The fraction of sp³-hybridized carbons (Fsp3) is 0.692. The van der Waals surface area contributed by atoms with Gasteiger partial charge in [0, 0.05) is 13.1 Å². The molecule has 0 saturated heterocycles. The quantitative estimate of drug-likeness (QED) is 0.449. The van der Waals surface area contributed by atoms with Crippen molar-refractivity contribution in [1.29, 1.82) is 0 Å². The SMILES string of the molecule is CCCn1cc([N+](=O)[O-])c(=O)n(CCC(C)CCS)c1=O. The molecule has 7 nitrogen and oxygen atoms in total. The lowest BCUT2D eigenvalue weighted by atomic mass is 10.1. The molecule has 0 radical (unpaired) electrons. The molecule has 1 heterocycles. The van der Waals surface area contributed by atoms with Gasteiger partial charge in [0.05, 0.1) is 11.1 Å². The predicted octanol–water partition coefficient (Wildman–Crippen LogP) is 1.67. The van der Waals surface area contributed by atoms with Crippen molar-refractivity contribution >= 4 is 18.3 Å². The standard InChI is InChI=1S/C13H21N3O4S/c1-3-6-14-9-11(16(19)20)12(17)15(13(14)18)7-4-10(2)5-8-21/h9-10,21H,3-8H2,1-2H3. The molecule has 0 bridgehead atoms. The molecule has 21 heavy (non-hydrogen) atoms. The summed E-state index contributed by atoms with van der Waals surface area (Å²) in [6, 6.07) is 0. The first-order chi connectivity index (χ1) is 9.92. The molecule has 0 aliphatic rings. The van der Waals surface area contributed by atoms with Crippen molar-refractivity contribution in [2.24, 2.45) is 5.92 Å². The number of hydrogen-bond acceptors (Lipinski definition) is 5. The lowest BCUT2D eigenvalue weighted by Crippen LogP contribution is -2.40. The number of hydrogen-bond donors (Lipinski definition) is 1. The van der Waals surface area contributed by atoms with Crippen LogP contribution in [-0.2, 0) is 13.1 Å². The molecule has 0 aliphatic carbocycles. The topological polar surface area (TPSA) is 87.1 Å². The summed E-state index contributed by atoms with van der Waals surface area (Å²) >= 11 is 4.14. The first-order valence-corrected chi connectivity index (χ1v) is 7.65. The molecular formula is C13H21N3O4S. The van der Waals surface area contributed by atoms with Crippen molar-refractivity contribution in [2.45, 2.75) is 46.2 Å². The lowest BCUT2D eigenvalue weighted by molar-refractivity contribution is -0.387. The molecule has 8 heteroatoms. The van der Waals surface area contributed by atoms with Crippen LogP contribution in [0.25, 0.3) is 0 Å². The Morgan fingerprint density at radius 1 is 1.33 bits per heavy atom. The monoisotopic (exact) mass is 315 g/mol. The van der Waals surface area contributed by atoms with E-state index in [-0.39, 0.29) is 6.54 Å². The largest absolute Gasteiger partial charge is 0.350 e. The Morgan fingerprint density at radius 2 is 2.00 bits per heavy atom. The van der Waals surface area contributed by atoms with Gasteiger partial charge in [-0.05, 0) is 30.9 Å². The number of aromatic nitrogens is 2. The number of nitrogens with zero attached hydrogens (tertiary/aromatic N) is 3. The Balaban J connectivity index is 3.19. The van der Waals surface area contributed by atoms with Crippen LogP contribution in [0.3, 0.4) is 0 Å². The van der Waals surface area contributed by atoms with Gasteiger partial charge in [-0.15, -0.1) is 0 Å². The molecule has 1 aromatic heterocycles. The van der Waals surface area contributed by atoms with E-state index in [1.54, 1.807) is 0 Å². The van der Waals surface area contributed by atoms with Gasteiger partial charge in [-0.25, -0.2) is 4.79 Å². The minimum Gasteiger partial charge on any atom is -0.293 e. The second kappa shape index (κ2) is 8.02. The summed E-state index contributed by atoms with van der Waals surface area (Å²) in [7, 11) is 0. The predicted molar refractivity (Wildman–Crippen MR) is 84.2 cm³/mol. The van der Waals surface area contributed by atoms with E-state index in [9.17, 15) is 19.7 Å². The summed E-state index contributed by atoms with van der Waals surface area (Å²) in [5, 5.41) is 10.9. The number of nitro groups is 1. The maximum absolute atomic E-state index is 12.2. The Labute approximate surface area is 128 Å². The smallest absolute Gasteiger partial charge is 0.293 e. The summed E-state index contributed by atoms with van der Waals surface area (Å²) in [5.41, 5.74) is -1.86. The Morgan fingerprint density at radius 3 is 2.52 bits per heavy atom. The minimum absolute atomic E-state index is 0.192. The highest BCUT2D eigenvalue weighted by Crippen LogP contribution is 2.09. The third-order valence-corrected chi connectivity index (χ3v) is 3.61. The van der Waals surface area contributed by atoms with E-state index in [0.717, 1.165) is 22.9 Å². The molecule has 1 atom stereocenters. The molecule has 0 N–H and O–H groups in total. The summed E-state index contributed by atoms with van der Waals surface area (Å²) < 4.78 is 2.21. The summed E-state index contributed by atoms with van der Waals surface area (Å²) in [6.07, 6.45) is 3.19. The van der Waals surface area contributed by atoms with E-state index in [1.807, 2.05) is 13.8 Å². The van der Waals surface area contributed by atoms with E-state index in [2.05, 4.69) is 12.6 Å². The molecule has 118 valence electrons. The molecule has 0 aromatic carbocycles. The van der Waals surface area contributed by atoms with Gasteiger partial charge in [0.25, 0.3) is 0 Å². The molecule has 0 spiro atoms. The van der Waals surface area contributed by atoms with Crippen LogP contribution in [0.2, 0.25) is 0 Å². The van der Waals surface area contributed by atoms with Crippen molar-refractivity contribution in [1.82, 2.24) is 9.13 Å². The van der Waals surface area contributed by atoms with Crippen LogP contribution in [0.15, 0.2) is 15.8 Å². The zero-order chi connectivity index (χ0) is 16.0. The number of aryl methyl sites for hydroxylation is 1. The van der Waals surface area contributed by atoms with E-state index in [0.29, 0.717) is 25.3 Å². The Kier molecular flexibility index (Phi) is 6.67. The molecular weight excluding hydrogens is 294 g/mol. The highest BCUT2D eigenvalue weighted by atomic mass is 32.1. The second-order valence-electron chi connectivity index (χ2n) is 5.11.